The third-order valence-electron chi connectivity index (χ3n) is 5.13. The lowest BCUT2D eigenvalue weighted by Crippen LogP contribution is -2.24. The van der Waals surface area contributed by atoms with Crippen molar-refractivity contribution in [2.24, 2.45) is 24.8 Å². The number of hydrogen-bond acceptors (Lipinski definition) is 3. The molecular weight excluding hydrogens is 266 g/mol. The van der Waals surface area contributed by atoms with Crippen molar-refractivity contribution in [2.75, 3.05) is 13.1 Å². The van der Waals surface area contributed by atoms with Crippen LogP contribution in [0.25, 0.3) is 0 Å². The normalized spacial score (nSPS) is 26.0. The molecule has 1 aromatic heterocycles. The molecule has 1 aromatic rings. The lowest BCUT2D eigenvalue weighted by atomic mass is 9.92. The number of hydrogen-bond donors (Lipinski definition) is 1. The van der Waals surface area contributed by atoms with E-state index in [-0.39, 0.29) is 5.92 Å². The van der Waals surface area contributed by atoms with Gasteiger partial charge in [0.15, 0.2) is 0 Å². The van der Waals surface area contributed by atoms with E-state index in [1.165, 1.54) is 12.8 Å². The molecule has 5 heteroatoms. The first-order valence-corrected chi connectivity index (χ1v) is 7.51. The second kappa shape index (κ2) is 5.19. The lowest BCUT2D eigenvalue weighted by molar-refractivity contribution is -0.142. The molecule has 21 heavy (non-hydrogen) atoms. The number of carboxylic acid groups (broad SMARTS) is 1. The maximum absolute atomic E-state index is 11.4. The molecule has 0 bridgehead atoms. The van der Waals surface area contributed by atoms with Gasteiger partial charge in [0, 0.05) is 32.4 Å². The molecule has 0 radical (unpaired) electrons. The lowest BCUT2D eigenvalue weighted by Gasteiger charge is -2.15. The molecule has 2 atom stereocenters. The summed E-state index contributed by atoms with van der Waals surface area (Å²) in [5, 5.41) is 18.5. The van der Waals surface area contributed by atoms with Crippen LogP contribution in [0.2, 0.25) is 0 Å². The molecule has 1 saturated heterocycles. The van der Waals surface area contributed by atoms with Crippen molar-refractivity contribution in [1.82, 2.24) is 9.47 Å². The van der Waals surface area contributed by atoms with E-state index in [1.54, 1.807) is 0 Å². The standard InChI is InChI=1S/C16H21N3O2/c1-10-12(5-13(6-17)18(10)2)7-19-8-14(11-3-4-11)15(9-19)16(20)21/h5,11,14-15H,3-4,7-9H2,1-2H3,(H,20,21)/t14-,15+/m0/s1. The zero-order valence-corrected chi connectivity index (χ0v) is 12.5. The van der Waals surface area contributed by atoms with Crippen molar-refractivity contribution >= 4 is 5.97 Å². The summed E-state index contributed by atoms with van der Waals surface area (Å²) in [7, 11) is 1.90. The highest BCUT2D eigenvalue weighted by atomic mass is 16.4. The fourth-order valence-corrected chi connectivity index (χ4v) is 3.58. The number of nitrogens with zero attached hydrogens (tertiary/aromatic N) is 3. The Morgan fingerprint density at radius 2 is 2.19 bits per heavy atom. The van der Waals surface area contributed by atoms with Gasteiger partial charge < -0.3 is 9.67 Å². The highest BCUT2D eigenvalue weighted by molar-refractivity contribution is 5.71. The van der Waals surface area contributed by atoms with E-state index in [0.717, 1.165) is 24.3 Å². The third kappa shape index (κ3) is 2.56. The van der Waals surface area contributed by atoms with Crippen LogP contribution in [0.3, 0.4) is 0 Å². The van der Waals surface area contributed by atoms with E-state index in [0.29, 0.717) is 24.1 Å². The quantitative estimate of drug-likeness (QED) is 0.916. The van der Waals surface area contributed by atoms with Crippen LogP contribution in [-0.4, -0.2) is 33.6 Å². The topological polar surface area (TPSA) is 69.3 Å². The SMILES string of the molecule is Cc1c(CN2C[C@@H](C(=O)O)[C@H](C3CC3)C2)cc(C#N)n1C. The molecule has 0 unspecified atom stereocenters. The van der Waals surface area contributed by atoms with Crippen molar-refractivity contribution in [3.63, 3.8) is 0 Å². The van der Waals surface area contributed by atoms with Gasteiger partial charge in [-0.15, -0.1) is 0 Å². The highest BCUT2D eigenvalue weighted by Gasteiger charge is 2.45. The zero-order chi connectivity index (χ0) is 15.1. The number of likely N-dealkylation sites (tertiary alicyclic amines) is 1. The molecule has 3 rings (SSSR count). The molecule has 1 aliphatic carbocycles. The van der Waals surface area contributed by atoms with Gasteiger partial charge in [-0.2, -0.15) is 5.26 Å². The molecule has 0 spiro atoms. The van der Waals surface area contributed by atoms with Gasteiger partial charge in [0.2, 0.25) is 0 Å². The van der Waals surface area contributed by atoms with Gasteiger partial charge in [-0.05, 0) is 43.2 Å². The van der Waals surface area contributed by atoms with Crippen molar-refractivity contribution in [3.8, 4) is 6.07 Å². The average Bonchev–Trinajstić information content (AvgIpc) is 3.16. The summed E-state index contributed by atoms with van der Waals surface area (Å²) < 4.78 is 1.90. The second-order valence-electron chi connectivity index (χ2n) is 6.45. The Bertz CT molecular complexity index is 610. The van der Waals surface area contributed by atoms with Gasteiger partial charge in [-0.3, -0.25) is 9.69 Å². The Morgan fingerprint density at radius 1 is 1.48 bits per heavy atom. The van der Waals surface area contributed by atoms with Crippen LogP contribution in [0, 0.1) is 36.0 Å². The van der Waals surface area contributed by atoms with Gasteiger partial charge in [-0.1, -0.05) is 0 Å². The van der Waals surface area contributed by atoms with Gasteiger partial charge in [0.25, 0.3) is 0 Å². The molecule has 1 N–H and O–H groups in total. The van der Waals surface area contributed by atoms with Gasteiger partial charge in [-0.25, -0.2) is 0 Å². The summed E-state index contributed by atoms with van der Waals surface area (Å²) in [6.45, 7) is 4.26. The van der Waals surface area contributed by atoms with Gasteiger partial charge in [0.1, 0.15) is 11.8 Å². The van der Waals surface area contributed by atoms with E-state index in [4.69, 9.17) is 5.26 Å². The Hall–Kier alpha value is -1.80. The summed E-state index contributed by atoms with van der Waals surface area (Å²) in [6.07, 6.45) is 2.37. The predicted octanol–water partition coefficient (Wildman–Crippen LogP) is 1.75. The van der Waals surface area contributed by atoms with E-state index in [1.807, 2.05) is 24.6 Å². The summed E-state index contributed by atoms with van der Waals surface area (Å²) in [5.74, 6) is 0.0402. The maximum atomic E-state index is 11.4. The van der Waals surface area contributed by atoms with E-state index in [2.05, 4.69) is 11.0 Å². The largest absolute Gasteiger partial charge is 0.481 e. The average molecular weight is 287 g/mol. The molecule has 1 aliphatic heterocycles. The van der Waals surface area contributed by atoms with Crippen molar-refractivity contribution in [1.29, 1.82) is 5.26 Å². The number of nitriles is 1. The smallest absolute Gasteiger partial charge is 0.308 e. The molecule has 0 amide bonds. The number of carbonyl (C=O) groups is 1. The first kappa shape index (κ1) is 14.2. The second-order valence-corrected chi connectivity index (χ2v) is 6.45. The first-order chi connectivity index (χ1) is 10.0. The molecule has 0 aromatic carbocycles. The van der Waals surface area contributed by atoms with Crippen LogP contribution in [-0.2, 0) is 18.4 Å². The van der Waals surface area contributed by atoms with Crippen LogP contribution in [0.5, 0.6) is 0 Å². The molecule has 2 heterocycles. The minimum Gasteiger partial charge on any atom is -0.481 e. The van der Waals surface area contributed by atoms with Crippen molar-refractivity contribution in [3.05, 3.63) is 23.0 Å². The summed E-state index contributed by atoms with van der Waals surface area (Å²) in [5.41, 5.74) is 2.89. The van der Waals surface area contributed by atoms with Crippen LogP contribution in [0.4, 0.5) is 0 Å². The highest BCUT2D eigenvalue weighted by Crippen LogP contribution is 2.44. The summed E-state index contributed by atoms with van der Waals surface area (Å²) in [4.78, 5) is 13.7. The summed E-state index contributed by atoms with van der Waals surface area (Å²) >= 11 is 0. The van der Waals surface area contributed by atoms with Crippen LogP contribution < -0.4 is 0 Å². The molecule has 5 nitrogen and oxygen atoms in total. The Kier molecular flexibility index (Phi) is 3.50. The van der Waals surface area contributed by atoms with Crippen molar-refractivity contribution < 1.29 is 9.90 Å². The Morgan fingerprint density at radius 3 is 2.71 bits per heavy atom. The number of aliphatic carboxylic acids is 1. The molecule has 2 aliphatic rings. The van der Waals surface area contributed by atoms with Gasteiger partial charge in [0.05, 0.1) is 5.92 Å². The number of carboxylic acids is 1. The Labute approximate surface area is 124 Å². The Balaban J connectivity index is 1.74. The monoisotopic (exact) mass is 287 g/mol. The third-order valence-corrected chi connectivity index (χ3v) is 5.13. The zero-order valence-electron chi connectivity index (χ0n) is 12.5. The molecule has 1 saturated carbocycles. The van der Waals surface area contributed by atoms with Crippen LogP contribution in [0.1, 0.15) is 29.8 Å². The number of rotatable bonds is 4. The van der Waals surface area contributed by atoms with Crippen LogP contribution in [0.15, 0.2) is 6.07 Å². The molecule has 112 valence electrons. The van der Waals surface area contributed by atoms with Gasteiger partial charge >= 0.3 is 5.97 Å². The van der Waals surface area contributed by atoms with E-state index >= 15 is 0 Å². The van der Waals surface area contributed by atoms with E-state index < -0.39 is 5.97 Å². The van der Waals surface area contributed by atoms with E-state index in [9.17, 15) is 9.90 Å². The minimum atomic E-state index is -0.656. The molecular formula is C16H21N3O2. The number of aromatic nitrogens is 1. The van der Waals surface area contributed by atoms with Crippen LogP contribution >= 0.6 is 0 Å². The molecule has 2 fully saturated rings. The fourth-order valence-electron chi connectivity index (χ4n) is 3.58. The predicted molar refractivity (Wildman–Crippen MR) is 77.5 cm³/mol. The van der Waals surface area contributed by atoms with Crippen molar-refractivity contribution in [2.45, 2.75) is 26.3 Å². The maximum Gasteiger partial charge on any atom is 0.308 e. The fraction of sp³-hybridized carbons (Fsp3) is 0.625. The summed E-state index contributed by atoms with van der Waals surface area (Å²) in [6, 6.07) is 4.12. The minimum absolute atomic E-state index is 0.225. The first-order valence-electron chi connectivity index (χ1n) is 7.51.